The number of nitrogens with zero attached hydrogens (tertiary/aromatic N) is 1. The monoisotopic (exact) mass is 348 g/mol. The van der Waals surface area contributed by atoms with Gasteiger partial charge in [-0.3, -0.25) is 0 Å². The maximum atomic E-state index is 12.1. The second kappa shape index (κ2) is 9.02. The number of piperidine rings is 1. The van der Waals surface area contributed by atoms with Crippen molar-refractivity contribution >= 4 is 11.7 Å². The van der Waals surface area contributed by atoms with Crippen molar-refractivity contribution in [2.24, 2.45) is 5.92 Å². The van der Waals surface area contributed by atoms with Gasteiger partial charge in [0, 0.05) is 18.3 Å². The highest BCUT2D eigenvalue weighted by molar-refractivity contribution is 5.89. The van der Waals surface area contributed by atoms with Crippen LogP contribution >= 0.6 is 0 Å². The molecular formula is C21H24N4O. The molecule has 5 heteroatoms. The molecule has 1 aliphatic rings. The largest absolute Gasteiger partial charge is 0.336 e. The van der Waals surface area contributed by atoms with Crippen LogP contribution in [0.25, 0.3) is 0 Å². The number of nitrogens with one attached hydrogen (secondary N) is 3. The minimum absolute atomic E-state index is 0.243. The number of nitriles is 1. The summed E-state index contributed by atoms with van der Waals surface area (Å²) in [5.74, 6) is 0.640. The number of anilines is 1. The first-order chi connectivity index (χ1) is 12.7. The van der Waals surface area contributed by atoms with Crippen LogP contribution in [0.15, 0.2) is 54.6 Å². The molecule has 2 amide bonds. The number of benzene rings is 2. The summed E-state index contributed by atoms with van der Waals surface area (Å²) in [5.41, 5.74) is 2.53. The molecule has 0 spiro atoms. The van der Waals surface area contributed by atoms with Crippen LogP contribution in [0.5, 0.6) is 0 Å². The van der Waals surface area contributed by atoms with Gasteiger partial charge in [0.1, 0.15) is 0 Å². The third-order valence-corrected chi connectivity index (χ3v) is 4.73. The molecule has 3 rings (SSSR count). The fourth-order valence-corrected chi connectivity index (χ4v) is 3.44. The van der Waals surface area contributed by atoms with E-state index in [0.29, 0.717) is 23.7 Å². The molecule has 2 aromatic carbocycles. The van der Waals surface area contributed by atoms with E-state index in [2.05, 4.69) is 46.3 Å². The maximum Gasteiger partial charge on any atom is 0.319 e. The third-order valence-electron chi connectivity index (χ3n) is 4.73. The van der Waals surface area contributed by atoms with Crippen LogP contribution in [0.3, 0.4) is 0 Å². The van der Waals surface area contributed by atoms with Crippen molar-refractivity contribution in [2.45, 2.75) is 25.3 Å². The average molecular weight is 348 g/mol. The minimum atomic E-state index is -0.243. The van der Waals surface area contributed by atoms with Gasteiger partial charge in [0.25, 0.3) is 0 Å². The zero-order chi connectivity index (χ0) is 18.2. The molecule has 1 fully saturated rings. The molecule has 1 aliphatic heterocycles. The van der Waals surface area contributed by atoms with Gasteiger partial charge in [0.15, 0.2) is 0 Å². The van der Waals surface area contributed by atoms with E-state index < -0.39 is 0 Å². The Bertz CT molecular complexity index is 769. The van der Waals surface area contributed by atoms with Crippen molar-refractivity contribution in [3.05, 3.63) is 65.7 Å². The number of carbonyl (C=O) groups excluding carboxylic acids is 1. The molecule has 0 aliphatic carbocycles. The first-order valence-corrected chi connectivity index (χ1v) is 9.05. The lowest BCUT2D eigenvalue weighted by Gasteiger charge is -2.30. The Morgan fingerprint density at radius 1 is 1.19 bits per heavy atom. The van der Waals surface area contributed by atoms with Crippen molar-refractivity contribution in [1.29, 1.82) is 5.26 Å². The lowest BCUT2D eigenvalue weighted by molar-refractivity contribution is 0.246. The minimum Gasteiger partial charge on any atom is -0.336 e. The quantitative estimate of drug-likeness (QED) is 0.776. The summed E-state index contributed by atoms with van der Waals surface area (Å²) in [5, 5.41) is 18.1. The Balaban J connectivity index is 1.45. The Labute approximate surface area is 154 Å². The summed E-state index contributed by atoms with van der Waals surface area (Å²) in [6.07, 6.45) is 3.31. The summed E-state index contributed by atoms with van der Waals surface area (Å²) < 4.78 is 0. The predicted octanol–water partition coefficient (Wildman–Crippen LogP) is 3.29. The predicted molar refractivity (Wildman–Crippen MR) is 103 cm³/mol. The van der Waals surface area contributed by atoms with E-state index in [0.717, 1.165) is 19.4 Å². The van der Waals surface area contributed by atoms with Crippen LogP contribution in [0, 0.1) is 17.2 Å². The molecule has 3 N–H and O–H groups in total. The molecule has 0 radical (unpaired) electrons. The van der Waals surface area contributed by atoms with Gasteiger partial charge < -0.3 is 16.0 Å². The number of hydrogen-bond donors (Lipinski definition) is 3. The molecule has 26 heavy (non-hydrogen) atoms. The maximum absolute atomic E-state index is 12.1. The topological polar surface area (TPSA) is 77.0 Å². The lowest BCUT2D eigenvalue weighted by Crippen LogP contribution is -2.47. The summed E-state index contributed by atoms with van der Waals surface area (Å²) >= 11 is 0. The fraction of sp³-hybridized carbons (Fsp3) is 0.333. The standard InChI is InChI=1S/C21H24N4O/c22-14-18-7-4-8-19(13-18)25-21(26)24-15-20-12-17(9-10-23-20)11-16-5-2-1-3-6-16/h1-8,13,17,20,23H,9-12,15H2,(H2,24,25,26)/t17-,20+/m0/s1. The smallest absolute Gasteiger partial charge is 0.319 e. The SMILES string of the molecule is N#Cc1cccc(NC(=O)NC[C@H]2C[C@H](Cc3ccccc3)CCN2)c1. The van der Waals surface area contributed by atoms with Gasteiger partial charge in [-0.1, -0.05) is 36.4 Å². The van der Waals surface area contributed by atoms with Crippen molar-refractivity contribution in [1.82, 2.24) is 10.6 Å². The van der Waals surface area contributed by atoms with Gasteiger partial charge in [0.2, 0.25) is 0 Å². The summed E-state index contributed by atoms with van der Waals surface area (Å²) in [6.45, 7) is 1.57. The second-order valence-corrected chi connectivity index (χ2v) is 6.76. The molecule has 5 nitrogen and oxygen atoms in total. The van der Waals surface area contributed by atoms with Crippen LogP contribution in [-0.2, 0) is 6.42 Å². The Kier molecular flexibility index (Phi) is 6.24. The van der Waals surface area contributed by atoms with Gasteiger partial charge in [-0.2, -0.15) is 5.26 Å². The highest BCUT2D eigenvalue weighted by Crippen LogP contribution is 2.21. The first kappa shape index (κ1) is 18.0. The third kappa shape index (κ3) is 5.33. The van der Waals surface area contributed by atoms with Crippen LogP contribution in [0.2, 0.25) is 0 Å². The molecule has 1 heterocycles. The molecule has 0 bridgehead atoms. The molecule has 2 atom stereocenters. The van der Waals surface area contributed by atoms with E-state index >= 15 is 0 Å². The van der Waals surface area contributed by atoms with Gasteiger partial charge in [-0.05, 0) is 55.5 Å². The van der Waals surface area contributed by atoms with Crippen LogP contribution in [0.1, 0.15) is 24.0 Å². The van der Waals surface area contributed by atoms with Gasteiger partial charge in [0.05, 0.1) is 11.6 Å². The van der Waals surface area contributed by atoms with Crippen LogP contribution in [-0.4, -0.2) is 25.2 Å². The number of urea groups is 1. The van der Waals surface area contributed by atoms with E-state index in [9.17, 15) is 4.79 Å². The Morgan fingerprint density at radius 3 is 2.85 bits per heavy atom. The molecule has 0 aromatic heterocycles. The van der Waals surface area contributed by atoms with Gasteiger partial charge >= 0.3 is 6.03 Å². The van der Waals surface area contributed by atoms with Crippen LogP contribution in [0.4, 0.5) is 10.5 Å². The molecule has 134 valence electrons. The van der Waals surface area contributed by atoms with E-state index in [-0.39, 0.29) is 12.1 Å². The average Bonchev–Trinajstić information content (AvgIpc) is 2.68. The molecule has 1 saturated heterocycles. The van der Waals surface area contributed by atoms with Gasteiger partial charge in [-0.15, -0.1) is 0 Å². The van der Waals surface area contributed by atoms with E-state index in [4.69, 9.17) is 5.26 Å². The normalized spacial score (nSPS) is 19.3. The fourth-order valence-electron chi connectivity index (χ4n) is 3.44. The van der Waals surface area contributed by atoms with Crippen molar-refractivity contribution in [3.8, 4) is 6.07 Å². The molecule has 0 unspecified atom stereocenters. The molecular weight excluding hydrogens is 324 g/mol. The summed E-state index contributed by atoms with van der Waals surface area (Å²) in [7, 11) is 0. The van der Waals surface area contributed by atoms with E-state index in [1.54, 1.807) is 24.3 Å². The lowest BCUT2D eigenvalue weighted by atomic mass is 9.87. The van der Waals surface area contributed by atoms with Gasteiger partial charge in [-0.25, -0.2) is 4.79 Å². The van der Waals surface area contributed by atoms with Crippen molar-refractivity contribution in [2.75, 3.05) is 18.4 Å². The summed E-state index contributed by atoms with van der Waals surface area (Å²) in [6, 6.07) is 19.6. The summed E-state index contributed by atoms with van der Waals surface area (Å²) in [4.78, 5) is 12.1. The van der Waals surface area contributed by atoms with E-state index in [1.165, 1.54) is 12.0 Å². The van der Waals surface area contributed by atoms with Crippen molar-refractivity contribution in [3.63, 3.8) is 0 Å². The highest BCUT2D eigenvalue weighted by Gasteiger charge is 2.22. The number of rotatable bonds is 5. The first-order valence-electron chi connectivity index (χ1n) is 9.05. The second-order valence-electron chi connectivity index (χ2n) is 6.76. The van der Waals surface area contributed by atoms with Crippen LogP contribution < -0.4 is 16.0 Å². The molecule has 2 aromatic rings. The number of carbonyl (C=O) groups is 1. The van der Waals surface area contributed by atoms with Crippen molar-refractivity contribution < 1.29 is 4.79 Å². The van der Waals surface area contributed by atoms with E-state index in [1.807, 2.05) is 6.07 Å². The number of hydrogen-bond acceptors (Lipinski definition) is 3. The highest BCUT2D eigenvalue weighted by atomic mass is 16.2. The zero-order valence-electron chi connectivity index (χ0n) is 14.7. The Morgan fingerprint density at radius 2 is 2.04 bits per heavy atom. The molecule has 0 saturated carbocycles. The number of amides is 2. The Hall–Kier alpha value is -2.84. The zero-order valence-corrected chi connectivity index (χ0v) is 14.7.